The van der Waals surface area contributed by atoms with E-state index in [1.165, 1.54) is 21.3 Å². The van der Waals surface area contributed by atoms with Crippen molar-refractivity contribution in [3.05, 3.63) is 33.9 Å². The van der Waals surface area contributed by atoms with Gasteiger partial charge in [-0.1, -0.05) is 18.7 Å². The Morgan fingerprint density at radius 1 is 1.10 bits per heavy atom. The Hall–Kier alpha value is -2.94. The molecule has 1 amide bonds. The maximum Gasteiger partial charge on any atom is 0.344 e. The molecule has 1 aromatic carbocycles. The Bertz CT molecular complexity index is 877. The normalized spacial score (nSPS) is 16.3. The van der Waals surface area contributed by atoms with Gasteiger partial charge >= 0.3 is 5.97 Å². The largest absolute Gasteiger partial charge is 0.506 e. The summed E-state index contributed by atoms with van der Waals surface area (Å²) in [5.74, 6) is -0.148. The van der Waals surface area contributed by atoms with Crippen LogP contribution in [0.1, 0.15) is 25.8 Å². The lowest BCUT2D eigenvalue weighted by Crippen LogP contribution is -2.14. The topological polar surface area (TPSA) is 104 Å². The molecule has 0 bridgehead atoms. The highest BCUT2D eigenvalue weighted by Crippen LogP contribution is 2.42. The predicted octanol–water partition coefficient (Wildman–Crippen LogP) is 3.51. The molecule has 1 N–H and O–H groups in total. The minimum atomic E-state index is -0.742. The SMILES string of the molecule is CCOC(=O)C1=C(O)/C(=C/c2cc(OC)c(OC)c(OC)c2)SC1=NC(=O)CC. The second-order valence-corrected chi connectivity index (χ2v) is 6.71. The second kappa shape index (κ2) is 10.0. The number of hydrogen-bond acceptors (Lipinski definition) is 8. The van der Waals surface area contributed by atoms with Gasteiger partial charge in [0.1, 0.15) is 16.4 Å². The first-order valence-electron chi connectivity index (χ1n) is 8.82. The zero-order valence-corrected chi connectivity index (χ0v) is 17.7. The zero-order chi connectivity index (χ0) is 21.6. The number of methoxy groups -OCH3 is 3. The first kappa shape index (κ1) is 22.4. The highest BCUT2D eigenvalue weighted by Gasteiger charge is 2.33. The van der Waals surface area contributed by atoms with E-state index < -0.39 is 11.9 Å². The number of esters is 1. The molecule has 1 aliphatic heterocycles. The number of ether oxygens (including phenoxy) is 4. The molecular weight excluding hydrogens is 398 g/mol. The number of aliphatic imine (C=N–C) groups is 1. The number of aliphatic hydroxyl groups is 1. The number of carbonyl (C=O) groups excluding carboxylic acids is 2. The van der Waals surface area contributed by atoms with Crippen molar-refractivity contribution in [1.82, 2.24) is 0 Å². The average Bonchev–Trinajstić information content (AvgIpc) is 3.01. The van der Waals surface area contributed by atoms with Crippen molar-refractivity contribution < 1.29 is 33.6 Å². The van der Waals surface area contributed by atoms with Crippen molar-refractivity contribution in [1.29, 1.82) is 0 Å². The summed E-state index contributed by atoms with van der Waals surface area (Å²) in [5.41, 5.74) is 0.497. The van der Waals surface area contributed by atoms with E-state index in [-0.39, 0.29) is 29.4 Å². The highest BCUT2D eigenvalue weighted by molar-refractivity contribution is 8.18. The maximum absolute atomic E-state index is 12.3. The Balaban J connectivity index is 2.57. The lowest BCUT2D eigenvalue weighted by Gasteiger charge is -2.13. The fourth-order valence-corrected chi connectivity index (χ4v) is 3.55. The van der Waals surface area contributed by atoms with E-state index in [1.807, 2.05) is 0 Å². The number of hydrogen-bond donors (Lipinski definition) is 1. The minimum Gasteiger partial charge on any atom is -0.506 e. The molecule has 0 fully saturated rings. The zero-order valence-electron chi connectivity index (χ0n) is 16.9. The Kier molecular flexibility index (Phi) is 7.72. The van der Waals surface area contributed by atoms with Crippen molar-refractivity contribution in [2.75, 3.05) is 27.9 Å². The summed E-state index contributed by atoms with van der Waals surface area (Å²) in [4.78, 5) is 28.3. The number of aliphatic hydroxyl groups excluding tert-OH is 1. The second-order valence-electron chi connectivity index (χ2n) is 5.68. The molecule has 0 aromatic heterocycles. The van der Waals surface area contributed by atoms with E-state index in [1.54, 1.807) is 32.1 Å². The molecule has 8 nitrogen and oxygen atoms in total. The minimum absolute atomic E-state index is 0.103. The van der Waals surface area contributed by atoms with Gasteiger partial charge < -0.3 is 24.1 Å². The van der Waals surface area contributed by atoms with Gasteiger partial charge in [-0.2, -0.15) is 0 Å². The number of amides is 1. The Morgan fingerprint density at radius 2 is 1.72 bits per heavy atom. The van der Waals surface area contributed by atoms with Gasteiger partial charge in [-0.25, -0.2) is 9.79 Å². The van der Waals surface area contributed by atoms with Crippen LogP contribution in [0.25, 0.3) is 6.08 Å². The lowest BCUT2D eigenvalue weighted by molar-refractivity contribution is -0.138. The summed E-state index contributed by atoms with van der Waals surface area (Å²) >= 11 is 1.01. The number of thioether (sulfide) groups is 1. The quantitative estimate of drug-likeness (QED) is 0.667. The van der Waals surface area contributed by atoms with Gasteiger partial charge in [0.2, 0.25) is 11.7 Å². The predicted molar refractivity (Wildman–Crippen MR) is 111 cm³/mol. The van der Waals surface area contributed by atoms with Gasteiger partial charge in [0.05, 0.1) is 32.8 Å². The molecule has 0 spiro atoms. The summed E-state index contributed by atoms with van der Waals surface area (Å²) in [6, 6.07) is 3.39. The van der Waals surface area contributed by atoms with Crippen molar-refractivity contribution in [3.63, 3.8) is 0 Å². The van der Waals surface area contributed by atoms with Crippen LogP contribution in [0.3, 0.4) is 0 Å². The third kappa shape index (κ3) is 4.92. The van der Waals surface area contributed by atoms with E-state index in [0.29, 0.717) is 27.7 Å². The number of carbonyl (C=O) groups is 2. The fourth-order valence-electron chi connectivity index (χ4n) is 2.52. The first-order chi connectivity index (χ1) is 13.9. The van der Waals surface area contributed by atoms with Gasteiger partial charge in [-0.15, -0.1) is 0 Å². The van der Waals surface area contributed by atoms with E-state index >= 15 is 0 Å². The Morgan fingerprint density at radius 3 is 2.21 bits per heavy atom. The van der Waals surface area contributed by atoms with Crippen LogP contribution in [-0.4, -0.2) is 50.0 Å². The van der Waals surface area contributed by atoms with Crippen molar-refractivity contribution in [2.45, 2.75) is 20.3 Å². The molecule has 2 rings (SSSR count). The third-order valence-corrected chi connectivity index (χ3v) is 4.90. The van der Waals surface area contributed by atoms with Crippen LogP contribution in [0.5, 0.6) is 17.2 Å². The molecule has 1 aliphatic rings. The average molecular weight is 421 g/mol. The van der Waals surface area contributed by atoms with Crippen LogP contribution in [0.15, 0.2) is 33.4 Å². The molecule has 1 heterocycles. The van der Waals surface area contributed by atoms with Gasteiger partial charge in [0.25, 0.3) is 0 Å². The van der Waals surface area contributed by atoms with Gasteiger partial charge in [0.15, 0.2) is 11.5 Å². The van der Waals surface area contributed by atoms with Gasteiger partial charge in [-0.05, 0) is 30.7 Å². The summed E-state index contributed by atoms with van der Waals surface area (Å²) in [6.07, 6.45) is 1.80. The molecular formula is C20H23NO7S. The Labute approximate surface area is 173 Å². The van der Waals surface area contributed by atoms with Crippen molar-refractivity contribution >= 4 is 34.8 Å². The summed E-state index contributed by atoms with van der Waals surface area (Å²) in [7, 11) is 4.49. The molecule has 0 unspecified atom stereocenters. The van der Waals surface area contributed by atoms with Crippen LogP contribution in [-0.2, 0) is 14.3 Å². The molecule has 1 aromatic rings. The van der Waals surface area contributed by atoms with E-state index in [4.69, 9.17) is 18.9 Å². The smallest absolute Gasteiger partial charge is 0.344 e. The lowest BCUT2D eigenvalue weighted by atomic mass is 10.1. The van der Waals surface area contributed by atoms with Crippen LogP contribution in [0, 0.1) is 0 Å². The molecule has 0 saturated carbocycles. The monoisotopic (exact) mass is 421 g/mol. The van der Waals surface area contributed by atoms with Crippen LogP contribution >= 0.6 is 11.8 Å². The van der Waals surface area contributed by atoms with Crippen LogP contribution in [0.2, 0.25) is 0 Å². The van der Waals surface area contributed by atoms with Gasteiger partial charge in [-0.3, -0.25) is 4.79 Å². The molecule has 9 heteroatoms. The summed E-state index contributed by atoms with van der Waals surface area (Å²) in [5, 5.41) is 10.7. The summed E-state index contributed by atoms with van der Waals surface area (Å²) in [6.45, 7) is 3.44. The van der Waals surface area contributed by atoms with Crippen molar-refractivity contribution in [2.24, 2.45) is 4.99 Å². The first-order valence-corrected chi connectivity index (χ1v) is 9.63. The third-order valence-electron chi connectivity index (χ3n) is 3.88. The molecule has 0 atom stereocenters. The van der Waals surface area contributed by atoms with E-state index in [0.717, 1.165) is 11.8 Å². The molecule has 0 saturated heterocycles. The number of nitrogens with zero attached hydrogens (tertiary/aromatic N) is 1. The standard InChI is InChI=1S/C20H23NO7S/c1-6-15(22)21-19-16(20(24)28-7-2)17(23)14(29-19)10-11-8-12(25-3)18(27-5)13(9-11)26-4/h8-10,23H,6-7H2,1-5H3/b14-10-,21-19?. The van der Waals surface area contributed by atoms with Crippen LogP contribution in [0.4, 0.5) is 0 Å². The highest BCUT2D eigenvalue weighted by atomic mass is 32.2. The van der Waals surface area contributed by atoms with Gasteiger partial charge in [0, 0.05) is 6.42 Å². The van der Waals surface area contributed by atoms with E-state index in [9.17, 15) is 14.7 Å². The maximum atomic E-state index is 12.3. The molecule has 29 heavy (non-hydrogen) atoms. The fraction of sp³-hybridized carbons (Fsp3) is 0.350. The summed E-state index contributed by atoms with van der Waals surface area (Å²) < 4.78 is 21.0. The molecule has 0 radical (unpaired) electrons. The number of rotatable bonds is 7. The number of benzene rings is 1. The van der Waals surface area contributed by atoms with Crippen molar-refractivity contribution in [3.8, 4) is 17.2 Å². The molecule has 0 aliphatic carbocycles. The van der Waals surface area contributed by atoms with Crippen LogP contribution < -0.4 is 14.2 Å². The molecule has 156 valence electrons. The van der Waals surface area contributed by atoms with E-state index in [2.05, 4.69) is 4.99 Å².